The molecule has 1 aromatic heterocycles. The summed E-state index contributed by atoms with van der Waals surface area (Å²) in [6.07, 6.45) is 7.65. The molecule has 2 aliphatic carbocycles. The van der Waals surface area contributed by atoms with Gasteiger partial charge in [0.2, 0.25) is 0 Å². The number of rotatable bonds is 5. The highest BCUT2D eigenvalue weighted by atomic mass is 15.3. The first-order chi connectivity index (χ1) is 9.26. The Hall–Kier alpha value is -1.13. The summed E-state index contributed by atoms with van der Waals surface area (Å²) < 4.78 is 0. The van der Waals surface area contributed by atoms with Crippen molar-refractivity contribution >= 4 is 5.82 Å². The summed E-state index contributed by atoms with van der Waals surface area (Å²) in [4.78, 5) is 6.68. The number of hydrogen-bond acceptors (Lipinski definition) is 4. The smallest absolute Gasteiger partial charge is 0.144 e. The predicted octanol–water partition coefficient (Wildman–Crippen LogP) is 2.24. The van der Waals surface area contributed by atoms with Crippen LogP contribution in [0.2, 0.25) is 0 Å². The molecule has 0 saturated heterocycles. The number of nitrogens with zero attached hydrogens (tertiary/aromatic N) is 2. The normalized spacial score (nSPS) is 29.1. The molecule has 2 bridgehead atoms. The second-order valence-corrected chi connectivity index (χ2v) is 6.29. The molecule has 4 heteroatoms. The lowest BCUT2D eigenvalue weighted by atomic mass is 9.88. The molecular formula is C15H24N4. The Balaban J connectivity index is 1.57. The fraction of sp³-hybridized carbons (Fsp3) is 0.667. The van der Waals surface area contributed by atoms with Crippen molar-refractivity contribution in [3.63, 3.8) is 0 Å². The van der Waals surface area contributed by atoms with Gasteiger partial charge in [-0.05, 0) is 50.1 Å². The molecule has 0 aromatic carbocycles. The Morgan fingerprint density at radius 2 is 2.32 bits per heavy atom. The van der Waals surface area contributed by atoms with Gasteiger partial charge in [0.05, 0.1) is 0 Å². The van der Waals surface area contributed by atoms with Gasteiger partial charge in [-0.3, -0.25) is 0 Å². The van der Waals surface area contributed by atoms with E-state index < -0.39 is 0 Å². The molecule has 19 heavy (non-hydrogen) atoms. The minimum absolute atomic E-state index is 0.794. The molecular weight excluding hydrogens is 236 g/mol. The second kappa shape index (κ2) is 5.47. The van der Waals surface area contributed by atoms with Crippen molar-refractivity contribution < 1.29 is 0 Å². The highest BCUT2D eigenvalue weighted by Crippen LogP contribution is 2.48. The average molecular weight is 260 g/mol. The lowest BCUT2D eigenvalue weighted by Gasteiger charge is -2.27. The van der Waals surface area contributed by atoms with Crippen LogP contribution >= 0.6 is 0 Å². The third kappa shape index (κ3) is 2.74. The molecule has 1 heterocycles. The first-order valence-corrected chi connectivity index (χ1v) is 7.35. The van der Waals surface area contributed by atoms with E-state index in [-0.39, 0.29) is 0 Å². The Morgan fingerprint density at radius 3 is 3.00 bits per heavy atom. The number of anilines is 1. The molecule has 4 nitrogen and oxygen atoms in total. The van der Waals surface area contributed by atoms with E-state index in [0.717, 1.165) is 30.1 Å². The van der Waals surface area contributed by atoms with Gasteiger partial charge in [0.25, 0.3) is 0 Å². The molecule has 0 radical (unpaired) electrons. The zero-order chi connectivity index (χ0) is 13.2. The largest absolute Gasteiger partial charge is 0.308 e. The summed E-state index contributed by atoms with van der Waals surface area (Å²) >= 11 is 0. The molecule has 3 unspecified atom stereocenters. The fourth-order valence-corrected chi connectivity index (χ4v) is 4.05. The van der Waals surface area contributed by atoms with Gasteiger partial charge in [0.15, 0.2) is 0 Å². The van der Waals surface area contributed by atoms with Crippen LogP contribution in [0.1, 0.15) is 31.2 Å². The number of nitrogens with two attached hydrogens (primary N) is 1. The second-order valence-electron chi connectivity index (χ2n) is 6.29. The molecule has 0 amide bonds. The number of nitrogens with one attached hydrogen (secondary N) is 1. The Bertz CT molecular complexity index is 434. The van der Waals surface area contributed by atoms with Crippen molar-refractivity contribution in [1.29, 1.82) is 0 Å². The number of aromatic nitrogens is 1. The van der Waals surface area contributed by atoms with Gasteiger partial charge in [0, 0.05) is 24.8 Å². The van der Waals surface area contributed by atoms with E-state index in [9.17, 15) is 0 Å². The van der Waals surface area contributed by atoms with Crippen LogP contribution in [0, 0.1) is 17.8 Å². The van der Waals surface area contributed by atoms with E-state index in [4.69, 9.17) is 5.84 Å². The highest BCUT2D eigenvalue weighted by Gasteiger charge is 2.39. The van der Waals surface area contributed by atoms with E-state index in [1.165, 1.54) is 37.8 Å². The zero-order valence-electron chi connectivity index (χ0n) is 11.7. The van der Waals surface area contributed by atoms with Gasteiger partial charge in [-0.1, -0.05) is 12.5 Å². The minimum Gasteiger partial charge on any atom is -0.308 e. The number of pyridine rings is 1. The SMILES string of the molecule is CN(Cc1cccnc1NN)CC1CC2CCC1C2. The van der Waals surface area contributed by atoms with Crippen LogP contribution < -0.4 is 11.3 Å². The number of hydrazine groups is 1. The lowest BCUT2D eigenvalue weighted by Crippen LogP contribution is -2.29. The third-order valence-electron chi connectivity index (χ3n) is 4.90. The van der Waals surface area contributed by atoms with Crippen LogP contribution in [0.4, 0.5) is 5.82 Å². The summed E-state index contributed by atoms with van der Waals surface area (Å²) in [5.41, 5.74) is 3.86. The van der Waals surface area contributed by atoms with Crippen molar-refractivity contribution in [2.24, 2.45) is 23.6 Å². The summed E-state index contributed by atoms with van der Waals surface area (Å²) in [6, 6.07) is 4.07. The fourth-order valence-electron chi connectivity index (χ4n) is 4.05. The quantitative estimate of drug-likeness (QED) is 0.630. The highest BCUT2D eigenvalue weighted by molar-refractivity contribution is 5.42. The predicted molar refractivity (Wildman–Crippen MR) is 77.3 cm³/mol. The summed E-state index contributed by atoms with van der Waals surface area (Å²) in [5.74, 6) is 9.24. The molecule has 0 spiro atoms. The van der Waals surface area contributed by atoms with E-state index in [0.29, 0.717) is 0 Å². The van der Waals surface area contributed by atoms with Crippen molar-refractivity contribution in [3.05, 3.63) is 23.9 Å². The molecule has 1 aromatic rings. The lowest BCUT2D eigenvalue weighted by molar-refractivity contribution is 0.214. The van der Waals surface area contributed by atoms with Crippen LogP contribution in [-0.2, 0) is 6.54 Å². The summed E-state index contributed by atoms with van der Waals surface area (Å²) in [7, 11) is 2.21. The monoisotopic (exact) mass is 260 g/mol. The summed E-state index contributed by atoms with van der Waals surface area (Å²) in [5, 5.41) is 0. The minimum atomic E-state index is 0.794. The molecule has 2 saturated carbocycles. The van der Waals surface area contributed by atoms with Crippen LogP contribution in [0.3, 0.4) is 0 Å². The van der Waals surface area contributed by atoms with Gasteiger partial charge in [-0.15, -0.1) is 0 Å². The van der Waals surface area contributed by atoms with E-state index in [1.807, 2.05) is 6.07 Å². The van der Waals surface area contributed by atoms with E-state index in [1.54, 1.807) is 6.20 Å². The maximum atomic E-state index is 5.51. The molecule has 104 valence electrons. The van der Waals surface area contributed by atoms with E-state index in [2.05, 4.69) is 28.4 Å². The number of nitrogen functional groups attached to an aromatic ring is 1. The maximum absolute atomic E-state index is 5.51. The van der Waals surface area contributed by atoms with Crippen LogP contribution in [0.15, 0.2) is 18.3 Å². The van der Waals surface area contributed by atoms with Crippen molar-refractivity contribution in [2.45, 2.75) is 32.2 Å². The van der Waals surface area contributed by atoms with Crippen molar-refractivity contribution in [3.8, 4) is 0 Å². The van der Waals surface area contributed by atoms with Gasteiger partial charge in [-0.2, -0.15) is 0 Å². The van der Waals surface area contributed by atoms with Gasteiger partial charge in [-0.25, -0.2) is 10.8 Å². The number of fused-ring (bicyclic) bond motifs is 2. The van der Waals surface area contributed by atoms with Crippen LogP contribution in [-0.4, -0.2) is 23.5 Å². The third-order valence-corrected chi connectivity index (χ3v) is 4.90. The number of hydrogen-bond donors (Lipinski definition) is 2. The van der Waals surface area contributed by atoms with Crippen molar-refractivity contribution in [1.82, 2.24) is 9.88 Å². The Labute approximate surface area is 115 Å². The molecule has 2 fully saturated rings. The maximum Gasteiger partial charge on any atom is 0.144 e. The molecule has 0 aliphatic heterocycles. The van der Waals surface area contributed by atoms with Crippen LogP contribution in [0.25, 0.3) is 0 Å². The molecule has 3 atom stereocenters. The van der Waals surface area contributed by atoms with Gasteiger partial charge >= 0.3 is 0 Å². The topological polar surface area (TPSA) is 54.2 Å². The van der Waals surface area contributed by atoms with E-state index >= 15 is 0 Å². The van der Waals surface area contributed by atoms with Gasteiger partial charge in [0.1, 0.15) is 5.82 Å². The van der Waals surface area contributed by atoms with Crippen LogP contribution in [0.5, 0.6) is 0 Å². The zero-order valence-corrected chi connectivity index (χ0v) is 11.7. The average Bonchev–Trinajstić information content (AvgIpc) is 3.01. The summed E-state index contributed by atoms with van der Waals surface area (Å²) in [6.45, 7) is 2.13. The Kier molecular flexibility index (Phi) is 3.71. The van der Waals surface area contributed by atoms with Gasteiger partial charge < -0.3 is 10.3 Å². The first kappa shape index (κ1) is 12.9. The molecule has 3 N–H and O–H groups in total. The Morgan fingerprint density at radius 1 is 1.42 bits per heavy atom. The standard InChI is InChI=1S/C15H24N4/c1-19(9-13-3-2-6-17-15(13)18-16)10-14-8-11-4-5-12(14)7-11/h2-3,6,11-12,14H,4-5,7-10,16H2,1H3,(H,17,18). The molecule has 3 rings (SSSR count). The molecule has 2 aliphatic rings. The van der Waals surface area contributed by atoms with Crippen molar-refractivity contribution in [2.75, 3.05) is 19.0 Å². The first-order valence-electron chi connectivity index (χ1n) is 7.35.